The van der Waals surface area contributed by atoms with Gasteiger partial charge in [0.25, 0.3) is 5.91 Å². The van der Waals surface area contributed by atoms with Gasteiger partial charge < -0.3 is 24.0 Å². The molecule has 0 spiro atoms. The fourth-order valence-electron chi connectivity index (χ4n) is 5.14. The van der Waals surface area contributed by atoms with Crippen LogP contribution >= 0.6 is 0 Å². The van der Waals surface area contributed by atoms with E-state index in [4.69, 9.17) is 14.2 Å². The topological polar surface area (TPSA) is 68.3 Å². The minimum absolute atomic E-state index is 0.0306. The molecule has 4 rings (SSSR count). The van der Waals surface area contributed by atoms with Gasteiger partial charge in [0.15, 0.2) is 0 Å². The van der Waals surface area contributed by atoms with Crippen molar-refractivity contribution in [3.05, 3.63) is 23.8 Å². The highest BCUT2D eigenvalue weighted by Crippen LogP contribution is 2.35. The zero-order chi connectivity index (χ0) is 21.1. The number of ether oxygens (including phenoxy) is 3. The van der Waals surface area contributed by atoms with Gasteiger partial charge in [-0.1, -0.05) is 12.5 Å². The average molecular weight is 417 g/mol. The lowest BCUT2D eigenvalue weighted by molar-refractivity contribution is -0.132. The molecular formula is C23H32N2O5. The summed E-state index contributed by atoms with van der Waals surface area (Å²) < 4.78 is 16.6. The first-order valence-electron chi connectivity index (χ1n) is 11.0. The Bertz CT molecular complexity index is 755. The number of rotatable bonds is 5. The summed E-state index contributed by atoms with van der Waals surface area (Å²) in [5, 5.41) is 0. The SMILES string of the molecule is COc1cccc(OC)c1C(=O)N1CCCC[C@H]2CN(C(=O)C[C@H]3CCCO3)C[C@H]21. The molecule has 7 heteroatoms. The summed E-state index contributed by atoms with van der Waals surface area (Å²) in [4.78, 5) is 30.4. The summed E-state index contributed by atoms with van der Waals surface area (Å²) >= 11 is 0. The molecule has 3 aliphatic heterocycles. The van der Waals surface area contributed by atoms with Crippen LogP contribution < -0.4 is 9.47 Å². The van der Waals surface area contributed by atoms with Crippen LogP contribution in [-0.4, -0.2) is 74.2 Å². The second-order valence-corrected chi connectivity index (χ2v) is 8.50. The first kappa shape index (κ1) is 21.0. The fourth-order valence-corrected chi connectivity index (χ4v) is 5.14. The first-order chi connectivity index (χ1) is 14.6. The van der Waals surface area contributed by atoms with Crippen LogP contribution in [0.25, 0.3) is 0 Å². The summed E-state index contributed by atoms with van der Waals surface area (Å²) in [6.07, 6.45) is 5.59. The first-order valence-corrected chi connectivity index (χ1v) is 11.0. The Morgan fingerprint density at radius 3 is 2.50 bits per heavy atom. The van der Waals surface area contributed by atoms with Crippen LogP contribution in [0.1, 0.15) is 48.9 Å². The Kier molecular flexibility index (Phi) is 6.46. The molecule has 0 radical (unpaired) electrons. The molecule has 0 N–H and O–H groups in total. The maximum atomic E-state index is 13.7. The number of amides is 2. The third-order valence-electron chi connectivity index (χ3n) is 6.71. The van der Waals surface area contributed by atoms with Gasteiger partial charge >= 0.3 is 0 Å². The van der Waals surface area contributed by atoms with Gasteiger partial charge in [-0.2, -0.15) is 0 Å². The van der Waals surface area contributed by atoms with Gasteiger partial charge in [0.1, 0.15) is 17.1 Å². The Morgan fingerprint density at radius 2 is 1.83 bits per heavy atom. The van der Waals surface area contributed by atoms with E-state index in [9.17, 15) is 9.59 Å². The highest BCUT2D eigenvalue weighted by Gasteiger charge is 2.42. The summed E-state index contributed by atoms with van der Waals surface area (Å²) in [7, 11) is 3.13. The molecule has 3 aliphatic rings. The van der Waals surface area contributed by atoms with Crippen molar-refractivity contribution in [2.45, 2.75) is 50.7 Å². The Balaban J connectivity index is 1.54. The van der Waals surface area contributed by atoms with Crippen LogP contribution in [0.15, 0.2) is 18.2 Å². The third-order valence-corrected chi connectivity index (χ3v) is 6.71. The van der Waals surface area contributed by atoms with E-state index in [1.165, 1.54) is 0 Å². The molecule has 164 valence electrons. The van der Waals surface area contributed by atoms with E-state index in [1.54, 1.807) is 26.4 Å². The average Bonchev–Trinajstić information content (AvgIpc) is 3.39. The van der Waals surface area contributed by atoms with E-state index >= 15 is 0 Å². The van der Waals surface area contributed by atoms with E-state index in [2.05, 4.69) is 0 Å². The Morgan fingerprint density at radius 1 is 1.07 bits per heavy atom. The third kappa shape index (κ3) is 4.13. The maximum Gasteiger partial charge on any atom is 0.261 e. The van der Waals surface area contributed by atoms with Crippen molar-refractivity contribution >= 4 is 11.8 Å². The molecule has 0 aromatic heterocycles. The number of nitrogens with zero attached hydrogens (tertiary/aromatic N) is 2. The number of carbonyl (C=O) groups is 2. The van der Waals surface area contributed by atoms with Gasteiger partial charge in [-0.3, -0.25) is 9.59 Å². The monoisotopic (exact) mass is 416 g/mol. The lowest BCUT2D eigenvalue weighted by atomic mass is 9.98. The van der Waals surface area contributed by atoms with E-state index in [0.29, 0.717) is 42.5 Å². The number of hydrogen-bond donors (Lipinski definition) is 0. The summed E-state index contributed by atoms with van der Waals surface area (Å²) in [6, 6.07) is 5.43. The number of benzene rings is 1. The van der Waals surface area contributed by atoms with Crippen LogP contribution in [0.3, 0.4) is 0 Å². The molecule has 0 aliphatic carbocycles. The molecule has 30 heavy (non-hydrogen) atoms. The maximum absolute atomic E-state index is 13.7. The molecular weight excluding hydrogens is 384 g/mol. The smallest absolute Gasteiger partial charge is 0.261 e. The van der Waals surface area contributed by atoms with Crippen molar-refractivity contribution in [1.82, 2.24) is 9.80 Å². The van der Waals surface area contributed by atoms with Crippen LogP contribution in [-0.2, 0) is 9.53 Å². The summed E-state index contributed by atoms with van der Waals surface area (Å²) in [5.41, 5.74) is 0.465. The molecule has 0 saturated carbocycles. The van der Waals surface area contributed by atoms with Gasteiger partial charge in [0, 0.05) is 26.2 Å². The number of hydrogen-bond acceptors (Lipinski definition) is 5. The van der Waals surface area contributed by atoms with Crippen LogP contribution in [0, 0.1) is 5.92 Å². The highest BCUT2D eigenvalue weighted by molar-refractivity contribution is 6.00. The van der Waals surface area contributed by atoms with Crippen molar-refractivity contribution in [3.8, 4) is 11.5 Å². The zero-order valence-corrected chi connectivity index (χ0v) is 18.0. The normalized spacial score (nSPS) is 26.3. The molecule has 3 heterocycles. The number of likely N-dealkylation sites (tertiary alicyclic amines) is 2. The van der Waals surface area contributed by atoms with E-state index in [1.807, 2.05) is 15.9 Å². The van der Waals surface area contributed by atoms with E-state index < -0.39 is 0 Å². The lowest BCUT2D eigenvalue weighted by Crippen LogP contribution is -2.45. The molecule has 1 aromatic carbocycles. The Hall–Kier alpha value is -2.28. The van der Waals surface area contributed by atoms with Crippen molar-refractivity contribution in [3.63, 3.8) is 0 Å². The molecule has 7 nitrogen and oxygen atoms in total. The lowest BCUT2D eigenvalue weighted by Gasteiger charge is -2.31. The summed E-state index contributed by atoms with van der Waals surface area (Å²) in [5.74, 6) is 1.42. The number of carbonyl (C=O) groups excluding carboxylic acids is 2. The van der Waals surface area contributed by atoms with Gasteiger partial charge in [-0.15, -0.1) is 0 Å². The molecule has 3 fully saturated rings. The second-order valence-electron chi connectivity index (χ2n) is 8.50. The molecule has 3 saturated heterocycles. The molecule has 1 aromatic rings. The van der Waals surface area contributed by atoms with Crippen molar-refractivity contribution in [1.29, 1.82) is 0 Å². The fraction of sp³-hybridized carbons (Fsp3) is 0.652. The predicted octanol–water partition coefficient (Wildman–Crippen LogP) is 2.73. The van der Waals surface area contributed by atoms with Crippen LogP contribution in [0.5, 0.6) is 11.5 Å². The van der Waals surface area contributed by atoms with Gasteiger partial charge in [0.05, 0.1) is 32.8 Å². The van der Waals surface area contributed by atoms with Crippen LogP contribution in [0.2, 0.25) is 0 Å². The summed E-state index contributed by atoms with van der Waals surface area (Å²) in [6.45, 7) is 2.77. The number of methoxy groups -OCH3 is 2. The molecule has 0 bridgehead atoms. The highest BCUT2D eigenvalue weighted by atomic mass is 16.5. The van der Waals surface area contributed by atoms with Gasteiger partial charge in [0.2, 0.25) is 5.91 Å². The zero-order valence-electron chi connectivity index (χ0n) is 18.0. The minimum Gasteiger partial charge on any atom is -0.496 e. The predicted molar refractivity (Wildman–Crippen MR) is 112 cm³/mol. The Labute approximate surface area is 178 Å². The van der Waals surface area contributed by atoms with Crippen molar-refractivity contribution in [2.24, 2.45) is 5.92 Å². The molecule has 2 amide bonds. The van der Waals surface area contributed by atoms with Gasteiger partial charge in [-0.25, -0.2) is 0 Å². The molecule has 3 atom stereocenters. The van der Waals surface area contributed by atoms with Crippen LogP contribution in [0.4, 0.5) is 0 Å². The molecule has 0 unspecified atom stereocenters. The standard InChI is InChI=1S/C23H32N2O5/c1-28-19-9-5-10-20(29-2)22(19)23(27)25-11-4-3-7-16-14-24(15-18(16)25)21(26)13-17-8-6-12-30-17/h5,9-10,16-18H,3-4,6-8,11-15H2,1-2H3/t16-,17+,18+/m0/s1. The van der Waals surface area contributed by atoms with E-state index in [0.717, 1.165) is 45.3 Å². The largest absolute Gasteiger partial charge is 0.496 e. The number of fused-ring (bicyclic) bond motifs is 1. The minimum atomic E-state index is -0.0744. The van der Waals surface area contributed by atoms with Crippen molar-refractivity contribution in [2.75, 3.05) is 40.5 Å². The second kappa shape index (κ2) is 9.25. The van der Waals surface area contributed by atoms with Gasteiger partial charge in [-0.05, 0) is 43.7 Å². The van der Waals surface area contributed by atoms with E-state index in [-0.39, 0.29) is 24.0 Å². The van der Waals surface area contributed by atoms with Crippen molar-refractivity contribution < 1.29 is 23.8 Å². The quantitative estimate of drug-likeness (QED) is 0.738.